The molecule has 0 aromatic rings. The molecule has 0 aromatic heterocycles. The predicted molar refractivity (Wildman–Crippen MR) is 56.8 cm³/mol. The molecule has 0 saturated heterocycles. The van der Waals surface area contributed by atoms with Crippen LogP contribution in [0.4, 0.5) is 0 Å². The number of hydrogen-bond donors (Lipinski definition) is 0. The van der Waals surface area contributed by atoms with Gasteiger partial charge in [-0.3, -0.25) is 4.79 Å². The Labute approximate surface area is 85.0 Å². The van der Waals surface area contributed by atoms with E-state index >= 15 is 0 Å². The van der Waals surface area contributed by atoms with Crippen molar-refractivity contribution in [3.63, 3.8) is 0 Å². The Balaban J connectivity index is 2.18. The summed E-state index contributed by atoms with van der Waals surface area (Å²) in [4.78, 5) is 10.5. The molecule has 1 aliphatic carbocycles. The molecule has 14 heavy (non-hydrogen) atoms. The molecule has 0 spiro atoms. The molecule has 2 heteroatoms. The van der Waals surface area contributed by atoms with Crippen LogP contribution in [0.2, 0.25) is 0 Å². The predicted octanol–water partition coefficient (Wildman–Crippen LogP) is 2.63. The fourth-order valence-corrected chi connectivity index (χ4v) is 1.43. The van der Waals surface area contributed by atoms with Gasteiger partial charge in [-0.25, -0.2) is 0 Å². The van der Waals surface area contributed by atoms with Crippen LogP contribution in [0.1, 0.15) is 19.8 Å². The Morgan fingerprint density at radius 1 is 1.57 bits per heavy atom. The number of allylic oxidation sites excluding steroid dienone is 5. The largest absolute Gasteiger partial charge is 0.466 e. The fourth-order valence-electron chi connectivity index (χ4n) is 1.43. The summed E-state index contributed by atoms with van der Waals surface area (Å²) < 4.78 is 4.86. The summed E-state index contributed by atoms with van der Waals surface area (Å²) in [5.74, 6) is 0.207. The van der Waals surface area contributed by atoms with Crippen molar-refractivity contribution < 1.29 is 9.53 Å². The van der Waals surface area contributed by atoms with Gasteiger partial charge in [0.2, 0.25) is 0 Å². The zero-order valence-corrected chi connectivity index (χ0v) is 8.53. The minimum Gasteiger partial charge on any atom is -0.466 e. The zero-order valence-electron chi connectivity index (χ0n) is 8.53. The summed E-state index contributed by atoms with van der Waals surface area (Å²) >= 11 is 0. The van der Waals surface area contributed by atoms with Gasteiger partial charge in [0.1, 0.15) is 0 Å². The molecule has 0 fully saturated rings. The van der Waals surface area contributed by atoms with Crippen LogP contribution in [0, 0.1) is 5.92 Å². The second-order valence-corrected chi connectivity index (χ2v) is 3.41. The van der Waals surface area contributed by atoms with Crippen molar-refractivity contribution in [3.05, 3.63) is 36.5 Å². The number of esters is 1. The van der Waals surface area contributed by atoms with Crippen molar-refractivity contribution in [2.45, 2.75) is 19.8 Å². The van der Waals surface area contributed by atoms with E-state index < -0.39 is 0 Å². The van der Waals surface area contributed by atoms with Gasteiger partial charge in [0.25, 0.3) is 0 Å². The Kier molecular flexibility index (Phi) is 4.17. The van der Waals surface area contributed by atoms with Crippen LogP contribution in [-0.4, -0.2) is 12.6 Å². The Morgan fingerprint density at radius 3 is 3.00 bits per heavy atom. The normalized spacial score (nSPS) is 19.8. The average Bonchev–Trinajstić information content (AvgIpc) is 2.15. The monoisotopic (exact) mass is 192 g/mol. The highest BCUT2D eigenvalue weighted by Gasteiger charge is 2.08. The lowest BCUT2D eigenvalue weighted by Gasteiger charge is -2.15. The SMILES string of the molecule is C=C1C=CC=CC1CCCOC(C)=O. The van der Waals surface area contributed by atoms with Crippen molar-refractivity contribution in [2.75, 3.05) is 6.61 Å². The standard InChI is InChI=1S/C12H16O2/c1-10-6-3-4-7-12(10)8-5-9-14-11(2)13/h3-4,6-7,12H,1,5,8-9H2,2H3. The summed E-state index contributed by atoms with van der Waals surface area (Å²) in [6.45, 7) is 5.91. The van der Waals surface area contributed by atoms with E-state index in [0.717, 1.165) is 18.4 Å². The molecular weight excluding hydrogens is 176 g/mol. The number of carbonyl (C=O) groups excluding carboxylic acids is 1. The van der Waals surface area contributed by atoms with Gasteiger partial charge in [-0.1, -0.05) is 30.9 Å². The number of ether oxygens (including phenoxy) is 1. The van der Waals surface area contributed by atoms with Gasteiger partial charge in [-0.2, -0.15) is 0 Å². The van der Waals surface area contributed by atoms with E-state index in [9.17, 15) is 4.79 Å². The minimum atomic E-state index is -0.206. The first kappa shape index (κ1) is 10.8. The molecule has 1 aliphatic rings. The molecule has 1 rings (SSSR count). The van der Waals surface area contributed by atoms with E-state index in [1.807, 2.05) is 18.2 Å². The van der Waals surface area contributed by atoms with Crippen LogP contribution in [0.3, 0.4) is 0 Å². The quantitative estimate of drug-likeness (QED) is 0.505. The first-order valence-corrected chi connectivity index (χ1v) is 4.87. The third-order valence-corrected chi connectivity index (χ3v) is 2.21. The fraction of sp³-hybridized carbons (Fsp3) is 0.417. The van der Waals surface area contributed by atoms with E-state index in [-0.39, 0.29) is 5.97 Å². The van der Waals surface area contributed by atoms with E-state index in [0.29, 0.717) is 12.5 Å². The molecule has 1 unspecified atom stereocenters. The molecule has 0 saturated carbocycles. The third kappa shape index (κ3) is 3.60. The van der Waals surface area contributed by atoms with Gasteiger partial charge >= 0.3 is 5.97 Å². The molecule has 76 valence electrons. The molecule has 0 aliphatic heterocycles. The van der Waals surface area contributed by atoms with Crippen molar-refractivity contribution in [2.24, 2.45) is 5.92 Å². The Bertz CT molecular complexity index is 274. The highest BCUT2D eigenvalue weighted by molar-refractivity contribution is 5.65. The second kappa shape index (κ2) is 5.43. The van der Waals surface area contributed by atoms with Gasteiger partial charge in [0.05, 0.1) is 6.61 Å². The van der Waals surface area contributed by atoms with Gasteiger partial charge in [0, 0.05) is 12.8 Å². The summed E-state index contributed by atoms with van der Waals surface area (Å²) in [5, 5.41) is 0. The van der Waals surface area contributed by atoms with Gasteiger partial charge in [-0.15, -0.1) is 0 Å². The highest BCUT2D eigenvalue weighted by atomic mass is 16.5. The lowest BCUT2D eigenvalue weighted by molar-refractivity contribution is -0.141. The van der Waals surface area contributed by atoms with Gasteiger partial charge in [0.15, 0.2) is 0 Å². The van der Waals surface area contributed by atoms with Gasteiger partial charge < -0.3 is 4.74 Å². The van der Waals surface area contributed by atoms with Crippen LogP contribution in [-0.2, 0) is 9.53 Å². The molecule has 2 nitrogen and oxygen atoms in total. The lowest BCUT2D eigenvalue weighted by atomic mass is 9.92. The maximum atomic E-state index is 10.5. The highest BCUT2D eigenvalue weighted by Crippen LogP contribution is 2.21. The summed E-state index contributed by atoms with van der Waals surface area (Å²) in [7, 11) is 0. The molecular formula is C12H16O2. The summed E-state index contributed by atoms with van der Waals surface area (Å²) in [6, 6.07) is 0. The summed E-state index contributed by atoms with van der Waals surface area (Å²) in [6.07, 6.45) is 10.1. The maximum absolute atomic E-state index is 10.5. The van der Waals surface area contributed by atoms with Crippen molar-refractivity contribution in [1.29, 1.82) is 0 Å². The Morgan fingerprint density at radius 2 is 2.36 bits per heavy atom. The van der Waals surface area contributed by atoms with Crippen molar-refractivity contribution in [3.8, 4) is 0 Å². The van der Waals surface area contributed by atoms with Crippen LogP contribution in [0.5, 0.6) is 0 Å². The molecule has 0 N–H and O–H groups in total. The van der Waals surface area contributed by atoms with Crippen molar-refractivity contribution >= 4 is 5.97 Å². The van der Waals surface area contributed by atoms with Crippen LogP contribution < -0.4 is 0 Å². The number of rotatable bonds is 4. The third-order valence-electron chi connectivity index (χ3n) is 2.21. The summed E-state index contributed by atoms with van der Waals surface area (Å²) in [5.41, 5.74) is 1.13. The first-order chi connectivity index (χ1) is 6.70. The van der Waals surface area contributed by atoms with Crippen LogP contribution in [0.25, 0.3) is 0 Å². The first-order valence-electron chi connectivity index (χ1n) is 4.87. The topological polar surface area (TPSA) is 26.3 Å². The van der Waals surface area contributed by atoms with Crippen LogP contribution >= 0.6 is 0 Å². The average molecular weight is 192 g/mol. The minimum absolute atomic E-state index is 0.206. The number of hydrogen-bond acceptors (Lipinski definition) is 2. The van der Waals surface area contributed by atoms with E-state index in [1.54, 1.807) is 0 Å². The molecule has 0 radical (unpaired) electrons. The van der Waals surface area contributed by atoms with Crippen LogP contribution in [0.15, 0.2) is 36.5 Å². The molecule has 0 bridgehead atoms. The maximum Gasteiger partial charge on any atom is 0.302 e. The lowest BCUT2D eigenvalue weighted by Crippen LogP contribution is -2.05. The van der Waals surface area contributed by atoms with Gasteiger partial charge in [-0.05, 0) is 18.4 Å². The molecule has 0 heterocycles. The second-order valence-electron chi connectivity index (χ2n) is 3.41. The van der Waals surface area contributed by atoms with E-state index in [2.05, 4.69) is 12.7 Å². The molecule has 1 atom stereocenters. The van der Waals surface area contributed by atoms with E-state index in [1.165, 1.54) is 6.92 Å². The zero-order chi connectivity index (χ0) is 10.4. The van der Waals surface area contributed by atoms with Crippen molar-refractivity contribution in [1.82, 2.24) is 0 Å². The Hall–Kier alpha value is -1.31. The number of carbonyl (C=O) groups is 1. The van der Waals surface area contributed by atoms with E-state index in [4.69, 9.17) is 4.74 Å². The molecule has 0 amide bonds. The molecule has 0 aromatic carbocycles. The smallest absolute Gasteiger partial charge is 0.302 e.